The number of carbonyl (C=O) groups is 1. The van der Waals surface area contributed by atoms with Gasteiger partial charge in [0.2, 0.25) is 5.91 Å². The number of likely N-dealkylation sites (tertiary alicyclic amines) is 1. The highest BCUT2D eigenvalue weighted by atomic mass is 19.2. The van der Waals surface area contributed by atoms with Crippen molar-refractivity contribution in [2.24, 2.45) is 0 Å². The van der Waals surface area contributed by atoms with E-state index < -0.39 is 17.7 Å². The molecule has 0 spiro atoms. The molecule has 2 unspecified atom stereocenters. The van der Waals surface area contributed by atoms with Crippen LogP contribution in [0.15, 0.2) is 18.2 Å². The lowest BCUT2D eigenvalue weighted by molar-refractivity contribution is -0.128. The minimum atomic E-state index is -0.992. The summed E-state index contributed by atoms with van der Waals surface area (Å²) in [4.78, 5) is 13.2. The van der Waals surface area contributed by atoms with Gasteiger partial charge in [-0.3, -0.25) is 4.79 Å². The van der Waals surface area contributed by atoms with Crippen molar-refractivity contribution in [2.45, 2.75) is 18.6 Å². The van der Waals surface area contributed by atoms with Crippen molar-refractivity contribution in [2.75, 3.05) is 20.1 Å². The molecule has 1 amide bonds. The van der Waals surface area contributed by atoms with E-state index in [9.17, 15) is 18.7 Å². The Bertz CT molecular complexity index is 482. The Balaban J connectivity index is 1.92. The van der Waals surface area contributed by atoms with Crippen LogP contribution in [-0.4, -0.2) is 42.1 Å². The minimum Gasteiger partial charge on any atom is -0.387 e. The van der Waals surface area contributed by atoms with Gasteiger partial charge in [-0.15, -0.1) is 0 Å². The quantitative estimate of drug-likeness (QED) is 0.851. The standard InChI is InChI=1S/C13H16F2N2O2/c1-17-5-4-11(13(17)19)16-7-12(18)8-2-3-9(14)10(15)6-8/h2-3,6,11-12,16,18H,4-5,7H2,1H3. The lowest BCUT2D eigenvalue weighted by atomic mass is 10.1. The van der Waals surface area contributed by atoms with Gasteiger partial charge in [0, 0.05) is 20.1 Å². The summed E-state index contributed by atoms with van der Waals surface area (Å²) >= 11 is 0. The predicted octanol–water partition coefficient (Wildman–Crippen LogP) is 0.818. The van der Waals surface area contributed by atoms with Crippen molar-refractivity contribution < 1.29 is 18.7 Å². The van der Waals surface area contributed by atoms with Gasteiger partial charge in [-0.2, -0.15) is 0 Å². The molecule has 2 rings (SSSR count). The molecule has 19 heavy (non-hydrogen) atoms. The highest BCUT2D eigenvalue weighted by Gasteiger charge is 2.28. The molecule has 1 aromatic rings. The number of nitrogens with one attached hydrogen (secondary N) is 1. The predicted molar refractivity (Wildman–Crippen MR) is 65.4 cm³/mol. The van der Waals surface area contributed by atoms with E-state index >= 15 is 0 Å². The Kier molecular flexibility index (Phi) is 4.11. The molecule has 1 aromatic carbocycles. The topological polar surface area (TPSA) is 52.6 Å². The molecule has 104 valence electrons. The van der Waals surface area contributed by atoms with Crippen LogP contribution in [0.25, 0.3) is 0 Å². The third-order valence-electron chi connectivity index (χ3n) is 3.31. The van der Waals surface area contributed by atoms with Gasteiger partial charge in [-0.1, -0.05) is 6.07 Å². The fraction of sp³-hybridized carbons (Fsp3) is 0.462. The highest BCUT2D eigenvalue weighted by Crippen LogP contribution is 2.16. The normalized spacial score (nSPS) is 20.9. The molecule has 1 fully saturated rings. The SMILES string of the molecule is CN1CCC(NCC(O)c2ccc(F)c(F)c2)C1=O. The van der Waals surface area contributed by atoms with Gasteiger partial charge in [0.25, 0.3) is 0 Å². The Morgan fingerprint density at radius 2 is 2.21 bits per heavy atom. The van der Waals surface area contributed by atoms with E-state index in [1.165, 1.54) is 6.07 Å². The minimum absolute atomic E-state index is 0.0162. The summed E-state index contributed by atoms with van der Waals surface area (Å²) in [6.07, 6.45) is -0.298. The maximum Gasteiger partial charge on any atom is 0.239 e. The third-order valence-corrected chi connectivity index (χ3v) is 3.31. The summed E-state index contributed by atoms with van der Waals surface area (Å²) in [5.74, 6) is -1.96. The number of nitrogens with zero attached hydrogens (tertiary/aromatic N) is 1. The van der Waals surface area contributed by atoms with Gasteiger partial charge in [-0.05, 0) is 24.1 Å². The number of rotatable bonds is 4. The van der Waals surface area contributed by atoms with E-state index in [0.717, 1.165) is 12.1 Å². The van der Waals surface area contributed by atoms with Gasteiger partial charge < -0.3 is 15.3 Å². The largest absolute Gasteiger partial charge is 0.387 e. The Morgan fingerprint density at radius 1 is 1.47 bits per heavy atom. The monoisotopic (exact) mass is 270 g/mol. The molecular weight excluding hydrogens is 254 g/mol. The van der Waals surface area contributed by atoms with Crippen molar-refractivity contribution in [3.63, 3.8) is 0 Å². The number of amides is 1. The van der Waals surface area contributed by atoms with Gasteiger partial charge in [-0.25, -0.2) is 8.78 Å². The number of carbonyl (C=O) groups excluding carboxylic acids is 1. The van der Waals surface area contributed by atoms with Gasteiger partial charge in [0.05, 0.1) is 12.1 Å². The maximum absolute atomic E-state index is 13.0. The van der Waals surface area contributed by atoms with Crippen LogP contribution in [-0.2, 0) is 4.79 Å². The van der Waals surface area contributed by atoms with Crippen molar-refractivity contribution in [1.82, 2.24) is 10.2 Å². The first-order valence-corrected chi connectivity index (χ1v) is 6.10. The number of halogens is 2. The van der Waals surface area contributed by atoms with Crippen LogP contribution >= 0.6 is 0 Å². The summed E-state index contributed by atoms with van der Waals surface area (Å²) in [6.45, 7) is 0.799. The molecule has 2 atom stereocenters. The molecule has 0 radical (unpaired) electrons. The number of benzene rings is 1. The van der Waals surface area contributed by atoms with E-state index in [-0.39, 0.29) is 24.1 Å². The lowest BCUT2D eigenvalue weighted by Gasteiger charge is -2.16. The Morgan fingerprint density at radius 3 is 2.79 bits per heavy atom. The van der Waals surface area contributed by atoms with Crippen molar-refractivity contribution in [1.29, 1.82) is 0 Å². The zero-order chi connectivity index (χ0) is 14.0. The number of aliphatic hydroxyl groups excluding tert-OH is 1. The number of aliphatic hydroxyl groups is 1. The van der Waals surface area contributed by atoms with Crippen molar-refractivity contribution in [3.05, 3.63) is 35.4 Å². The second-order valence-electron chi connectivity index (χ2n) is 4.70. The fourth-order valence-corrected chi connectivity index (χ4v) is 2.10. The molecule has 1 aliphatic rings. The number of hydrogen-bond donors (Lipinski definition) is 2. The zero-order valence-corrected chi connectivity index (χ0v) is 10.6. The van der Waals surface area contributed by atoms with Crippen LogP contribution in [0.3, 0.4) is 0 Å². The van der Waals surface area contributed by atoms with E-state index in [2.05, 4.69) is 5.32 Å². The van der Waals surface area contributed by atoms with Crippen LogP contribution in [0.1, 0.15) is 18.1 Å². The molecule has 1 saturated heterocycles. The first-order chi connectivity index (χ1) is 8.99. The van der Waals surface area contributed by atoms with Crippen molar-refractivity contribution >= 4 is 5.91 Å². The van der Waals surface area contributed by atoms with E-state index in [0.29, 0.717) is 13.0 Å². The highest BCUT2D eigenvalue weighted by molar-refractivity contribution is 5.83. The number of hydrogen-bond acceptors (Lipinski definition) is 3. The molecular formula is C13H16F2N2O2. The Hall–Kier alpha value is -1.53. The van der Waals surface area contributed by atoms with E-state index in [1.807, 2.05) is 0 Å². The second-order valence-corrected chi connectivity index (χ2v) is 4.70. The summed E-state index contributed by atoms with van der Waals surface area (Å²) in [6, 6.07) is 2.95. The second kappa shape index (κ2) is 5.63. The smallest absolute Gasteiger partial charge is 0.239 e. The zero-order valence-electron chi connectivity index (χ0n) is 10.6. The average molecular weight is 270 g/mol. The van der Waals surface area contributed by atoms with Gasteiger partial charge in [0.15, 0.2) is 11.6 Å². The van der Waals surface area contributed by atoms with E-state index in [4.69, 9.17) is 0 Å². The molecule has 0 aromatic heterocycles. The lowest BCUT2D eigenvalue weighted by Crippen LogP contribution is -2.39. The maximum atomic E-state index is 13.0. The average Bonchev–Trinajstić information content (AvgIpc) is 2.70. The molecule has 0 saturated carbocycles. The molecule has 1 heterocycles. The molecule has 4 nitrogen and oxygen atoms in total. The summed E-state index contributed by atoms with van der Waals surface area (Å²) in [7, 11) is 1.72. The van der Waals surface area contributed by atoms with E-state index in [1.54, 1.807) is 11.9 Å². The number of likely N-dealkylation sites (N-methyl/N-ethyl adjacent to an activating group) is 1. The van der Waals surface area contributed by atoms with Crippen LogP contribution in [0.5, 0.6) is 0 Å². The van der Waals surface area contributed by atoms with Crippen molar-refractivity contribution in [3.8, 4) is 0 Å². The van der Waals surface area contributed by atoms with Crippen LogP contribution in [0, 0.1) is 11.6 Å². The Labute approximate surface area is 110 Å². The first-order valence-electron chi connectivity index (χ1n) is 6.10. The van der Waals surface area contributed by atoms with Gasteiger partial charge >= 0.3 is 0 Å². The summed E-state index contributed by atoms with van der Waals surface area (Å²) in [5.41, 5.74) is 0.283. The third kappa shape index (κ3) is 3.08. The first kappa shape index (κ1) is 13.9. The van der Waals surface area contributed by atoms with Crippen LogP contribution in [0.4, 0.5) is 8.78 Å². The molecule has 0 bridgehead atoms. The van der Waals surface area contributed by atoms with Crippen LogP contribution in [0.2, 0.25) is 0 Å². The van der Waals surface area contributed by atoms with Gasteiger partial charge in [0.1, 0.15) is 0 Å². The van der Waals surface area contributed by atoms with Crippen LogP contribution < -0.4 is 5.32 Å². The summed E-state index contributed by atoms with van der Waals surface area (Å²) in [5, 5.41) is 12.8. The molecule has 0 aliphatic carbocycles. The summed E-state index contributed by atoms with van der Waals surface area (Å²) < 4.78 is 25.8. The molecule has 6 heteroatoms. The molecule has 1 aliphatic heterocycles. The molecule has 2 N–H and O–H groups in total. The fourth-order valence-electron chi connectivity index (χ4n) is 2.10.